The van der Waals surface area contributed by atoms with Crippen LogP contribution in [0.5, 0.6) is 0 Å². The number of nitrogens with one attached hydrogen (secondary N) is 2. The Morgan fingerprint density at radius 3 is 2.56 bits per heavy atom. The number of hydrogen-bond acceptors (Lipinski definition) is 4. The van der Waals surface area contributed by atoms with E-state index in [2.05, 4.69) is 26.9 Å². The summed E-state index contributed by atoms with van der Waals surface area (Å²) in [5.74, 6) is 1.60. The molecule has 2 aliphatic rings. The lowest BCUT2D eigenvalue weighted by Crippen LogP contribution is -2.47. The first kappa shape index (κ1) is 22.9. The monoisotopic (exact) mass is 488 g/mol. The highest BCUT2D eigenvalue weighted by Crippen LogP contribution is 2.15. The maximum absolute atomic E-state index is 12.1. The van der Waals surface area contributed by atoms with Gasteiger partial charge in [0.2, 0.25) is 10.0 Å². The zero-order valence-corrected chi connectivity index (χ0v) is 18.5. The second-order valence-corrected chi connectivity index (χ2v) is 8.73. The van der Waals surface area contributed by atoms with E-state index in [9.17, 15) is 8.42 Å². The Morgan fingerprint density at radius 2 is 1.96 bits per heavy atom. The van der Waals surface area contributed by atoms with Crippen LogP contribution < -0.4 is 10.0 Å². The molecule has 9 heteroatoms. The molecule has 0 saturated carbocycles. The van der Waals surface area contributed by atoms with Crippen molar-refractivity contribution in [1.29, 1.82) is 0 Å². The first-order valence-electron chi connectivity index (χ1n) is 9.04. The minimum absolute atomic E-state index is 0. The second-order valence-electron chi connectivity index (χ2n) is 6.80. The minimum Gasteiger partial charge on any atom is -0.377 e. The Balaban J connectivity index is 0.00000312. The van der Waals surface area contributed by atoms with Crippen LogP contribution >= 0.6 is 24.0 Å². The molecule has 2 saturated heterocycles. The van der Waals surface area contributed by atoms with Crippen molar-refractivity contribution in [3.8, 4) is 0 Å². The first-order chi connectivity index (χ1) is 11.5. The molecule has 2 N–H and O–H groups in total. The SMILES string of the molecule is CN=C(NCCS(=O)(=O)NCC1CCCCO1)N1CCC(C)CC1.I. The molecular weight excluding hydrogens is 455 g/mol. The lowest BCUT2D eigenvalue weighted by atomic mass is 10.00. The Kier molecular flexibility index (Phi) is 10.6. The van der Waals surface area contributed by atoms with Gasteiger partial charge in [0.25, 0.3) is 0 Å². The average Bonchev–Trinajstić information content (AvgIpc) is 2.59. The molecule has 2 fully saturated rings. The largest absolute Gasteiger partial charge is 0.377 e. The molecule has 0 aromatic rings. The predicted octanol–water partition coefficient (Wildman–Crippen LogP) is 1.40. The van der Waals surface area contributed by atoms with Gasteiger partial charge in [0.15, 0.2) is 5.96 Å². The fourth-order valence-electron chi connectivity index (χ4n) is 3.11. The van der Waals surface area contributed by atoms with Crippen molar-refractivity contribution in [2.75, 3.05) is 45.6 Å². The summed E-state index contributed by atoms with van der Waals surface area (Å²) in [5.41, 5.74) is 0. The van der Waals surface area contributed by atoms with E-state index >= 15 is 0 Å². The molecule has 0 bridgehead atoms. The van der Waals surface area contributed by atoms with E-state index in [-0.39, 0.29) is 35.8 Å². The molecule has 0 aromatic heterocycles. The van der Waals surface area contributed by atoms with Crippen molar-refractivity contribution in [1.82, 2.24) is 14.9 Å². The standard InChI is InChI=1S/C16H32N4O3S.HI/c1-14-6-9-20(10-7-14)16(17-2)18-8-12-24(21,22)19-13-15-5-3-4-11-23-15;/h14-15,19H,3-13H2,1-2H3,(H,17,18);1H. The molecule has 0 radical (unpaired) electrons. The van der Waals surface area contributed by atoms with Gasteiger partial charge in [0.05, 0.1) is 11.9 Å². The number of halogens is 1. The maximum atomic E-state index is 12.1. The molecule has 2 rings (SSSR count). The van der Waals surface area contributed by atoms with Crippen molar-refractivity contribution in [2.45, 2.75) is 45.1 Å². The molecule has 1 atom stereocenters. The summed E-state index contributed by atoms with van der Waals surface area (Å²) < 4.78 is 32.4. The van der Waals surface area contributed by atoms with Crippen LogP contribution in [0, 0.1) is 5.92 Å². The maximum Gasteiger partial charge on any atom is 0.213 e. The van der Waals surface area contributed by atoms with Crippen molar-refractivity contribution in [3.05, 3.63) is 0 Å². The number of sulfonamides is 1. The summed E-state index contributed by atoms with van der Waals surface area (Å²) in [6.45, 7) is 5.69. The highest BCUT2D eigenvalue weighted by molar-refractivity contribution is 14.0. The zero-order valence-electron chi connectivity index (χ0n) is 15.4. The number of rotatable bonds is 6. The molecule has 148 valence electrons. The number of nitrogens with zero attached hydrogens (tertiary/aromatic N) is 2. The van der Waals surface area contributed by atoms with Crippen LogP contribution in [0.15, 0.2) is 4.99 Å². The van der Waals surface area contributed by atoms with E-state index < -0.39 is 10.0 Å². The van der Waals surface area contributed by atoms with Crippen molar-refractivity contribution in [3.63, 3.8) is 0 Å². The van der Waals surface area contributed by atoms with Crippen molar-refractivity contribution in [2.24, 2.45) is 10.9 Å². The summed E-state index contributed by atoms with van der Waals surface area (Å²) in [4.78, 5) is 6.48. The van der Waals surface area contributed by atoms with Crippen molar-refractivity contribution >= 4 is 40.0 Å². The predicted molar refractivity (Wildman–Crippen MR) is 112 cm³/mol. The van der Waals surface area contributed by atoms with E-state index in [4.69, 9.17) is 4.74 Å². The van der Waals surface area contributed by atoms with E-state index in [1.807, 2.05) is 0 Å². The highest BCUT2D eigenvalue weighted by atomic mass is 127. The number of piperidine rings is 1. The van der Waals surface area contributed by atoms with Gasteiger partial charge in [-0.1, -0.05) is 6.92 Å². The number of guanidine groups is 1. The van der Waals surface area contributed by atoms with Gasteiger partial charge in [-0.15, -0.1) is 24.0 Å². The van der Waals surface area contributed by atoms with E-state index in [1.165, 1.54) is 0 Å². The topological polar surface area (TPSA) is 83.0 Å². The quantitative estimate of drug-likeness (QED) is 0.336. The van der Waals surface area contributed by atoms with Crippen LogP contribution in [0.1, 0.15) is 39.0 Å². The first-order valence-corrected chi connectivity index (χ1v) is 10.7. The number of hydrogen-bond donors (Lipinski definition) is 2. The van der Waals surface area contributed by atoms with Gasteiger partial charge < -0.3 is 15.0 Å². The van der Waals surface area contributed by atoms with Gasteiger partial charge in [0.1, 0.15) is 0 Å². The molecular formula is C16H33IN4O3S. The summed E-state index contributed by atoms with van der Waals surface area (Å²) in [5, 5.41) is 3.17. The van der Waals surface area contributed by atoms with Crippen LogP contribution in [-0.2, 0) is 14.8 Å². The lowest BCUT2D eigenvalue weighted by Gasteiger charge is -2.32. The van der Waals surface area contributed by atoms with Crippen molar-refractivity contribution < 1.29 is 13.2 Å². The fourth-order valence-corrected chi connectivity index (χ4v) is 4.07. The normalized spacial score (nSPS) is 23.2. The Bertz CT molecular complexity index is 502. The van der Waals surface area contributed by atoms with E-state index in [0.29, 0.717) is 13.1 Å². The molecule has 0 aromatic carbocycles. The highest BCUT2D eigenvalue weighted by Gasteiger charge is 2.20. The molecule has 0 spiro atoms. The van der Waals surface area contributed by atoms with Gasteiger partial charge in [-0.3, -0.25) is 4.99 Å². The summed E-state index contributed by atoms with van der Waals surface area (Å²) in [7, 11) is -1.55. The Labute approximate surface area is 169 Å². The zero-order chi connectivity index (χ0) is 17.4. The van der Waals surface area contributed by atoms with Gasteiger partial charge in [-0.25, -0.2) is 13.1 Å². The van der Waals surface area contributed by atoms with E-state index in [0.717, 1.165) is 63.7 Å². The van der Waals surface area contributed by atoms with Crippen LogP contribution in [0.4, 0.5) is 0 Å². The molecule has 2 aliphatic heterocycles. The third kappa shape index (κ3) is 8.40. The molecule has 7 nitrogen and oxygen atoms in total. The average molecular weight is 488 g/mol. The van der Waals surface area contributed by atoms with Gasteiger partial charge in [-0.05, 0) is 38.0 Å². The smallest absolute Gasteiger partial charge is 0.213 e. The molecule has 0 amide bonds. The van der Waals surface area contributed by atoms with Crippen LogP contribution in [0.25, 0.3) is 0 Å². The minimum atomic E-state index is -3.29. The Morgan fingerprint density at radius 1 is 1.24 bits per heavy atom. The third-order valence-electron chi connectivity index (χ3n) is 4.75. The van der Waals surface area contributed by atoms with E-state index in [1.54, 1.807) is 7.05 Å². The lowest BCUT2D eigenvalue weighted by molar-refractivity contribution is 0.0200. The number of ether oxygens (including phenoxy) is 1. The van der Waals surface area contributed by atoms with Crippen LogP contribution in [-0.4, -0.2) is 71.0 Å². The van der Waals surface area contributed by atoms with Gasteiger partial charge in [-0.2, -0.15) is 0 Å². The third-order valence-corrected chi connectivity index (χ3v) is 6.10. The molecule has 0 aliphatic carbocycles. The number of likely N-dealkylation sites (tertiary alicyclic amines) is 1. The molecule has 2 heterocycles. The van der Waals surface area contributed by atoms with Gasteiger partial charge in [0, 0.05) is 39.8 Å². The summed E-state index contributed by atoms with van der Waals surface area (Å²) >= 11 is 0. The van der Waals surface area contributed by atoms with Gasteiger partial charge >= 0.3 is 0 Å². The summed E-state index contributed by atoms with van der Waals surface area (Å²) in [6, 6.07) is 0. The fraction of sp³-hybridized carbons (Fsp3) is 0.938. The number of aliphatic imine (C=N–C) groups is 1. The summed E-state index contributed by atoms with van der Waals surface area (Å²) in [6.07, 6.45) is 5.44. The molecule has 1 unspecified atom stereocenters. The second kappa shape index (κ2) is 11.6. The Hall–Kier alpha value is -0.130. The van der Waals surface area contributed by atoms with Crippen LogP contribution in [0.3, 0.4) is 0 Å². The van der Waals surface area contributed by atoms with Crippen LogP contribution in [0.2, 0.25) is 0 Å². The molecule has 25 heavy (non-hydrogen) atoms.